The summed E-state index contributed by atoms with van der Waals surface area (Å²) in [7, 11) is 20.8. The lowest BCUT2D eigenvalue weighted by Gasteiger charge is -2.45. The van der Waals surface area contributed by atoms with Gasteiger partial charge in [0.15, 0.2) is 30.1 Å². The molecule has 0 spiro atoms. The van der Waals surface area contributed by atoms with Crippen molar-refractivity contribution in [3.05, 3.63) is 0 Å². The van der Waals surface area contributed by atoms with Gasteiger partial charge in [0.2, 0.25) is 0 Å². The molecule has 1 saturated carbocycles. The Balaban J connectivity index is 1.11. The molecular weight excluding hydrogens is 1170 g/mol. The Bertz CT molecular complexity index is 2260. The van der Waals surface area contributed by atoms with E-state index in [2.05, 4.69) is 20.3 Å². The largest absolute Gasteiger partial charge is 0.394 e. The normalized spacial score (nSPS) is 44.0. The predicted molar refractivity (Wildman–Crippen MR) is 286 cm³/mol. The van der Waals surface area contributed by atoms with E-state index >= 15 is 0 Å². The Kier molecular flexibility index (Phi) is 24.5. The van der Waals surface area contributed by atoms with Gasteiger partial charge in [-0.05, 0) is 68.7 Å². The molecule has 0 aromatic heterocycles. The number of hydrogen-bond acceptors (Lipinski definition) is 28. The molecule has 6 aliphatic rings. The zero-order chi connectivity index (χ0) is 58.5. The van der Waals surface area contributed by atoms with Crippen molar-refractivity contribution < 1.29 is 115 Å². The Morgan fingerprint density at radius 1 is 0.658 bits per heavy atom. The van der Waals surface area contributed by atoms with Gasteiger partial charge in [-0.25, -0.2) is 9.98 Å². The quantitative estimate of drug-likeness (QED) is 0.0166. The van der Waals surface area contributed by atoms with E-state index in [1.54, 1.807) is 0 Å². The molecule has 79 heavy (non-hydrogen) atoms. The van der Waals surface area contributed by atoms with Crippen molar-refractivity contribution >= 4 is 97.2 Å². The van der Waals surface area contributed by atoms with Crippen LogP contribution in [-0.2, 0) is 100 Å². The zero-order valence-electron chi connectivity index (χ0n) is 42.7. The maximum atomic E-state index is 12.4. The van der Waals surface area contributed by atoms with E-state index in [9.17, 15) is 50.4 Å². The highest BCUT2D eigenvalue weighted by molar-refractivity contribution is 8.07. The topological polar surface area (TPSA) is 485 Å². The van der Waals surface area contributed by atoms with Crippen molar-refractivity contribution in [3.8, 4) is 0 Å². The number of nitrogens with zero attached hydrogens (tertiary/aromatic N) is 3. The number of ether oxygens (including phenoxy) is 8. The molecule has 27 unspecified atom stereocenters. The first-order valence-electron chi connectivity index (χ1n) is 24.3. The number of guanidine groups is 2. The maximum absolute atomic E-state index is 12.4. The number of methoxy groups -OCH3 is 1. The van der Waals surface area contributed by atoms with Crippen LogP contribution >= 0.6 is 20.2 Å². The van der Waals surface area contributed by atoms with Gasteiger partial charge in [0, 0.05) is 31.3 Å². The first-order chi connectivity index (χ1) is 36.9. The SMILES string of the molecule is [B]C1CC(OP(O)(=S)OCC2OC([B])CC2OP(O)(=S)OCC2OC([B])CC2OP(O)(=S)OCN=CC2(O)C(C)OC(OC3C(O)C(O)C(N=C(N)N)C(O)C3N=C(N)N)C2OC2OC(CO)C(O)C(O)C2NC)C(COC)O1. The summed E-state index contributed by atoms with van der Waals surface area (Å²) in [5.74, 6) is -1.15. The molecule has 19 N–H and O–H groups in total. The molecule has 0 amide bonds. The monoisotopic (exact) mass is 1240 g/mol. The van der Waals surface area contributed by atoms with Gasteiger partial charge in [-0.3, -0.25) is 9.52 Å². The van der Waals surface area contributed by atoms with Crippen LogP contribution in [0.4, 0.5) is 0 Å². The molecule has 5 heterocycles. The predicted octanol–water partition coefficient (Wildman–Crippen LogP) is -7.98. The fourth-order valence-corrected chi connectivity index (χ4v) is 13.8. The van der Waals surface area contributed by atoms with E-state index < -0.39 is 205 Å². The van der Waals surface area contributed by atoms with Crippen molar-refractivity contribution in [1.82, 2.24) is 5.32 Å². The summed E-state index contributed by atoms with van der Waals surface area (Å²) in [5.41, 5.74) is 19.9. The second-order valence-corrected chi connectivity index (χ2v) is 27.4. The number of hydrogen-bond donors (Lipinski definition) is 15. The van der Waals surface area contributed by atoms with Gasteiger partial charge in [0.1, 0.15) is 109 Å². The lowest BCUT2D eigenvalue weighted by atomic mass is 9.81. The minimum absolute atomic E-state index is 0.0126. The first-order valence-corrected chi connectivity index (χ1v) is 32.1. The fraction of sp³-hybridized carbons (Fsp3) is 0.921. The van der Waals surface area contributed by atoms with Crippen molar-refractivity contribution in [1.29, 1.82) is 0 Å². The Hall–Kier alpha value is -0.645. The van der Waals surface area contributed by atoms with Crippen LogP contribution in [0.15, 0.2) is 15.0 Å². The number of nitrogens with two attached hydrogens (primary N) is 4. The van der Waals surface area contributed by atoms with E-state index in [-0.39, 0.29) is 25.9 Å². The Labute approximate surface area is 473 Å². The lowest BCUT2D eigenvalue weighted by molar-refractivity contribution is -0.313. The molecule has 0 aromatic carbocycles. The van der Waals surface area contributed by atoms with E-state index in [0.717, 1.165) is 6.21 Å². The fourth-order valence-electron chi connectivity index (χ4n) is 9.51. The van der Waals surface area contributed by atoms with Crippen LogP contribution in [0.25, 0.3) is 0 Å². The van der Waals surface area contributed by atoms with Gasteiger partial charge in [-0.15, -0.1) is 0 Å². The van der Waals surface area contributed by atoms with E-state index in [1.165, 1.54) is 21.1 Å². The highest BCUT2D eigenvalue weighted by Crippen LogP contribution is 2.52. The van der Waals surface area contributed by atoms with E-state index in [1.807, 2.05) is 0 Å². The highest BCUT2D eigenvalue weighted by Gasteiger charge is 2.60. The standard InChI is InChI=1S/C38H68B3N8O24P3S3/c1-13-38(56,33(70-34-26(46-2)30(54)27(51)17(7-50)68-34)35(64-13)69-32-25(49-37(44)45)28(52)24(48-36(42)43)29(53)31(32)55)11-47-12-63-76(59,79)73-16-6-23(41)67-20(16)10-62-75(58,78)72-15-5-22(40)66-19(15)9-61-74(57,77)71-14-4-21(39)65-18(14)8-60-3/h11,13-35,46,50-56H,4-10,12H2,1-3H3,(H,57,77)(H,58,78)(H,59,79)(H4,42,43,48)(H4,44,45,49). The zero-order valence-corrected chi connectivity index (χ0v) is 47.8. The van der Waals surface area contributed by atoms with Gasteiger partial charge >= 0.3 is 20.2 Å². The average Bonchev–Trinajstić information content (AvgIpc) is 4.12. The number of rotatable bonds is 26. The number of aliphatic hydroxyl groups excluding tert-OH is 6. The molecule has 32 nitrogen and oxygen atoms in total. The summed E-state index contributed by atoms with van der Waals surface area (Å²) >= 11 is 15.8. The Morgan fingerprint density at radius 3 is 1.61 bits per heavy atom. The van der Waals surface area contributed by atoms with Crippen molar-refractivity contribution in [3.63, 3.8) is 0 Å². The van der Waals surface area contributed by atoms with Crippen LogP contribution in [0.2, 0.25) is 0 Å². The van der Waals surface area contributed by atoms with Crippen LogP contribution in [0.5, 0.6) is 0 Å². The van der Waals surface area contributed by atoms with Crippen LogP contribution in [0, 0.1) is 0 Å². The molecule has 1 aliphatic carbocycles. The third kappa shape index (κ3) is 17.5. The summed E-state index contributed by atoms with van der Waals surface area (Å²) in [6, 6.07) is -6.99. The minimum atomic E-state index is -4.30. The Morgan fingerprint density at radius 2 is 1.14 bits per heavy atom. The molecule has 0 aromatic rings. The summed E-state index contributed by atoms with van der Waals surface area (Å²) < 4.78 is 80.0. The van der Waals surface area contributed by atoms with Crippen LogP contribution in [-0.4, -0.2) is 285 Å². The number of aliphatic hydroxyl groups is 7. The molecule has 6 radical (unpaired) electrons. The molecule has 0 bridgehead atoms. The highest BCUT2D eigenvalue weighted by atomic mass is 32.5. The average molecular weight is 1240 g/mol. The van der Waals surface area contributed by atoms with Gasteiger partial charge in [0.05, 0.1) is 56.9 Å². The van der Waals surface area contributed by atoms with Gasteiger partial charge in [0.25, 0.3) is 0 Å². The molecular formula is C38H68B3N8O24P3S3. The van der Waals surface area contributed by atoms with Crippen LogP contribution in [0.1, 0.15) is 26.2 Å². The summed E-state index contributed by atoms with van der Waals surface area (Å²) in [5, 5.41) is 80.4. The summed E-state index contributed by atoms with van der Waals surface area (Å²) in [6.07, 6.45) is -23.3. The number of nitrogens with one attached hydrogen (secondary N) is 1. The van der Waals surface area contributed by atoms with Crippen LogP contribution in [0.3, 0.4) is 0 Å². The third-order valence-electron chi connectivity index (χ3n) is 13.4. The lowest BCUT2D eigenvalue weighted by Crippen LogP contribution is -2.66. The smallest absolute Gasteiger partial charge is 0.326 e. The second-order valence-electron chi connectivity index (χ2n) is 19.1. The van der Waals surface area contributed by atoms with Crippen molar-refractivity contribution in [2.75, 3.05) is 47.3 Å². The summed E-state index contributed by atoms with van der Waals surface area (Å²) in [4.78, 5) is 45.1. The first kappa shape index (κ1) is 67.5. The van der Waals surface area contributed by atoms with Crippen LogP contribution < -0.4 is 28.3 Å². The van der Waals surface area contributed by atoms with E-state index in [0.29, 0.717) is 0 Å². The minimum Gasteiger partial charge on any atom is -0.394 e. The maximum Gasteiger partial charge on any atom is 0.326 e. The van der Waals surface area contributed by atoms with Gasteiger partial charge in [-0.2, -0.15) is 0 Å². The third-order valence-corrected chi connectivity index (χ3v) is 18.1. The number of aliphatic imine (C=N–C) groups is 3. The molecule has 41 heteroatoms. The molecule has 27 atom stereocenters. The van der Waals surface area contributed by atoms with Crippen molar-refractivity contribution in [2.45, 2.75) is 172 Å². The summed E-state index contributed by atoms with van der Waals surface area (Å²) in [6.45, 7) is -13.4. The molecule has 446 valence electrons. The molecule has 5 aliphatic heterocycles. The molecule has 6 fully saturated rings. The number of likely N-dealkylation sites (N-methyl/N-ethyl adjacent to an activating group) is 1. The van der Waals surface area contributed by atoms with Gasteiger partial charge in [-0.1, -0.05) is 0 Å². The second kappa shape index (κ2) is 28.7. The molecule has 5 saturated heterocycles. The van der Waals surface area contributed by atoms with Crippen molar-refractivity contribution in [2.24, 2.45) is 37.9 Å². The van der Waals surface area contributed by atoms with Gasteiger partial charge < -0.3 is 139 Å². The van der Waals surface area contributed by atoms with E-state index in [4.69, 9.17) is 147 Å². The molecule has 6 rings (SSSR count).